The summed E-state index contributed by atoms with van der Waals surface area (Å²) in [6.07, 6.45) is 0. The summed E-state index contributed by atoms with van der Waals surface area (Å²) >= 11 is 0. The van der Waals surface area contributed by atoms with Gasteiger partial charge in [-0.15, -0.1) is 0 Å². The lowest BCUT2D eigenvalue weighted by Crippen LogP contribution is -2.31. The monoisotopic (exact) mass is 306 g/mol. The minimum Gasteiger partial charge on any atom is -0.361 e. The van der Waals surface area contributed by atoms with E-state index in [1.807, 2.05) is 37.3 Å². The molecular weight excluding hydrogens is 288 g/mol. The number of rotatable bonds is 6. The third-order valence-corrected chi connectivity index (χ3v) is 4.16. The lowest BCUT2D eigenvalue weighted by Gasteiger charge is -2.13. The Morgan fingerprint density at radius 2 is 2.10 bits per heavy atom. The molecule has 0 saturated heterocycles. The molecule has 0 bridgehead atoms. The number of aryl methyl sites for hydroxylation is 1. The van der Waals surface area contributed by atoms with E-state index in [0.717, 1.165) is 5.56 Å². The molecule has 1 heterocycles. The van der Waals surface area contributed by atoms with E-state index >= 15 is 0 Å². The first-order chi connectivity index (χ1) is 10.0. The summed E-state index contributed by atoms with van der Waals surface area (Å²) in [4.78, 5) is 11.9. The van der Waals surface area contributed by atoms with Crippen molar-refractivity contribution in [2.45, 2.75) is 25.6 Å². The molecule has 1 amide bonds. The lowest BCUT2D eigenvalue weighted by atomic mass is 10.1. The molecule has 6 heteroatoms. The summed E-state index contributed by atoms with van der Waals surface area (Å²) in [6.45, 7) is 3.67. The quantitative estimate of drug-likeness (QED) is 0.887. The summed E-state index contributed by atoms with van der Waals surface area (Å²) in [5.41, 5.74) is 1.62. The van der Waals surface area contributed by atoms with Crippen LogP contribution in [0.25, 0.3) is 0 Å². The number of nitrogens with one attached hydrogen (secondary N) is 1. The molecular formula is C15H18N2O3S. The van der Waals surface area contributed by atoms with Crippen LogP contribution in [0.5, 0.6) is 0 Å². The summed E-state index contributed by atoms with van der Waals surface area (Å²) in [5.74, 6) is 0.627. The van der Waals surface area contributed by atoms with Crippen LogP contribution in [0.15, 0.2) is 40.9 Å². The smallest absolute Gasteiger partial charge is 0.233 e. The van der Waals surface area contributed by atoms with Crippen molar-refractivity contribution >= 4 is 16.7 Å². The molecule has 21 heavy (non-hydrogen) atoms. The number of carbonyl (C=O) groups excluding carboxylic acids is 1. The highest BCUT2D eigenvalue weighted by molar-refractivity contribution is 7.84. The third-order valence-electron chi connectivity index (χ3n) is 2.95. The van der Waals surface area contributed by atoms with Crippen molar-refractivity contribution in [2.24, 2.45) is 0 Å². The molecule has 1 aromatic carbocycles. The second kappa shape index (κ2) is 7.17. The molecule has 0 radical (unpaired) electrons. The van der Waals surface area contributed by atoms with Gasteiger partial charge in [-0.2, -0.15) is 0 Å². The summed E-state index contributed by atoms with van der Waals surface area (Å²) in [6, 6.07) is 11.3. The molecule has 0 saturated carbocycles. The SMILES string of the molecule is Cc1cc(C[S@@](=O)CC(=O)N[C@H](C)c2ccccc2)no1. The van der Waals surface area contributed by atoms with Crippen molar-refractivity contribution in [1.82, 2.24) is 10.5 Å². The van der Waals surface area contributed by atoms with Crippen LogP contribution in [0, 0.1) is 6.92 Å². The molecule has 0 aliphatic rings. The second-order valence-corrected chi connectivity index (χ2v) is 6.31. The van der Waals surface area contributed by atoms with Crippen LogP contribution >= 0.6 is 0 Å². The Morgan fingerprint density at radius 3 is 2.71 bits per heavy atom. The van der Waals surface area contributed by atoms with E-state index in [1.165, 1.54) is 0 Å². The zero-order valence-electron chi connectivity index (χ0n) is 12.0. The van der Waals surface area contributed by atoms with Crippen molar-refractivity contribution in [3.05, 3.63) is 53.4 Å². The number of carbonyl (C=O) groups is 1. The van der Waals surface area contributed by atoms with Gasteiger partial charge in [-0.05, 0) is 19.4 Å². The largest absolute Gasteiger partial charge is 0.361 e. The fourth-order valence-corrected chi connectivity index (χ4v) is 2.90. The zero-order chi connectivity index (χ0) is 15.2. The Labute approximate surface area is 126 Å². The number of amides is 1. The normalized spacial score (nSPS) is 13.6. The molecule has 1 N–H and O–H groups in total. The Morgan fingerprint density at radius 1 is 1.38 bits per heavy atom. The van der Waals surface area contributed by atoms with Crippen molar-refractivity contribution in [1.29, 1.82) is 0 Å². The van der Waals surface area contributed by atoms with Crippen molar-refractivity contribution in [2.75, 3.05) is 5.75 Å². The predicted molar refractivity (Wildman–Crippen MR) is 81.0 cm³/mol. The minimum atomic E-state index is -1.30. The molecule has 0 aliphatic heterocycles. The first-order valence-electron chi connectivity index (χ1n) is 6.66. The van der Waals surface area contributed by atoms with Gasteiger partial charge in [-0.1, -0.05) is 35.5 Å². The van der Waals surface area contributed by atoms with Gasteiger partial charge in [0.15, 0.2) is 0 Å². The van der Waals surface area contributed by atoms with E-state index < -0.39 is 10.8 Å². The number of benzene rings is 1. The van der Waals surface area contributed by atoms with Crippen molar-refractivity contribution in [3.8, 4) is 0 Å². The highest BCUT2D eigenvalue weighted by atomic mass is 32.2. The molecule has 1 aromatic heterocycles. The third kappa shape index (κ3) is 4.82. The number of hydrogen-bond donors (Lipinski definition) is 1. The van der Waals surface area contributed by atoms with Crippen LogP contribution in [0.1, 0.15) is 30.0 Å². The molecule has 112 valence electrons. The molecule has 0 aliphatic carbocycles. The second-order valence-electron chi connectivity index (χ2n) is 4.86. The fourth-order valence-electron chi connectivity index (χ4n) is 1.96. The van der Waals surface area contributed by atoms with Gasteiger partial charge < -0.3 is 9.84 Å². The van der Waals surface area contributed by atoms with E-state index in [-0.39, 0.29) is 23.5 Å². The maximum atomic E-state index is 11.9. The van der Waals surface area contributed by atoms with E-state index in [0.29, 0.717) is 11.5 Å². The van der Waals surface area contributed by atoms with Crippen molar-refractivity contribution < 1.29 is 13.5 Å². The van der Waals surface area contributed by atoms with E-state index in [1.54, 1.807) is 13.0 Å². The Kier molecular flexibility index (Phi) is 5.27. The van der Waals surface area contributed by atoms with Crippen LogP contribution in [-0.4, -0.2) is 21.0 Å². The molecule has 2 atom stereocenters. The standard InChI is InChI=1S/C15H18N2O3S/c1-11-8-14(17-20-11)9-21(19)10-15(18)16-12(2)13-6-4-3-5-7-13/h3-8,12H,9-10H2,1-2H3,(H,16,18)/t12-,21-/m1/s1. The van der Waals surface area contributed by atoms with Crippen LogP contribution in [0.2, 0.25) is 0 Å². The fraction of sp³-hybridized carbons (Fsp3) is 0.333. The van der Waals surface area contributed by atoms with Gasteiger partial charge in [0.25, 0.3) is 0 Å². The molecule has 0 spiro atoms. The number of hydrogen-bond acceptors (Lipinski definition) is 4. The number of aromatic nitrogens is 1. The molecule has 5 nitrogen and oxygen atoms in total. The first-order valence-corrected chi connectivity index (χ1v) is 8.15. The zero-order valence-corrected chi connectivity index (χ0v) is 12.9. The topological polar surface area (TPSA) is 72.2 Å². The van der Waals surface area contributed by atoms with Gasteiger partial charge in [-0.25, -0.2) is 0 Å². The van der Waals surface area contributed by atoms with Gasteiger partial charge >= 0.3 is 0 Å². The first kappa shape index (κ1) is 15.4. The Balaban J connectivity index is 1.82. The molecule has 0 unspecified atom stereocenters. The average molecular weight is 306 g/mol. The van der Waals surface area contributed by atoms with Gasteiger partial charge in [0.05, 0.1) is 17.5 Å². The molecule has 2 rings (SSSR count). The summed E-state index contributed by atoms with van der Waals surface area (Å²) < 4.78 is 16.8. The van der Waals surface area contributed by atoms with Gasteiger partial charge in [-0.3, -0.25) is 9.00 Å². The van der Waals surface area contributed by atoms with Crippen molar-refractivity contribution in [3.63, 3.8) is 0 Å². The summed E-state index contributed by atoms with van der Waals surface area (Å²) in [7, 11) is -1.30. The van der Waals surface area contributed by atoms with Crippen LogP contribution in [-0.2, 0) is 21.3 Å². The maximum absolute atomic E-state index is 11.9. The highest BCUT2D eigenvalue weighted by Crippen LogP contribution is 2.11. The molecule has 2 aromatic rings. The highest BCUT2D eigenvalue weighted by Gasteiger charge is 2.14. The van der Waals surface area contributed by atoms with E-state index in [4.69, 9.17) is 4.52 Å². The van der Waals surface area contributed by atoms with Crippen LogP contribution in [0.4, 0.5) is 0 Å². The molecule has 0 fully saturated rings. The lowest BCUT2D eigenvalue weighted by molar-refractivity contribution is -0.119. The van der Waals surface area contributed by atoms with Gasteiger partial charge in [0, 0.05) is 16.9 Å². The van der Waals surface area contributed by atoms with E-state index in [2.05, 4.69) is 10.5 Å². The van der Waals surface area contributed by atoms with E-state index in [9.17, 15) is 9.00 Å². The van der Waals surface area contributed by atoms with Crippen LogP contribution in [0.3, 0.4) is 0 Å². The maximum Gasteiger partial charge on any atom is 0.233 e. The Bertz CT molecular complexity index is 625. The summed E-state index contributed by atoms with van der Waals surface area (Å²) in [5, 5.41) is 6.61. The van der Waals surface area contributed by atoms with Crippen LogP contribution < -0.4 is 5.32 Å². The Hall–Kier alpha value is -1.95. The van der Waals surface area contributed by atoms with Gasteiger partial charge in [0.1, 0.15) is 11.5 Å². The number of nitrogens with zero attached hydrogens (tertiary/aromatic N) is 1. The predicted octanol–water partition coefficient (Wildman–Crippen LogP) is 2.11. The minimum absolute atomic E-state index is 0.0386. The average Bonchev–Trinajstić information content (AvgIpc) is 2.84. The van der Waals surface area contributed by atoms with Gasteiger partial charge in [0.2, 0.25) is 5.91 Å².